The molecular formula is C17H27NO2. The molecule has 0 radical (unpaired) electrons. The number of fused-ring (bicyclic) bond motifs is 1. The van der Waals surface area contributed by atoms with E-state index in [2.05, 4.69) is 30.4 Å². The van der Waals surface area contributed by atoms with Gasteiger partial charge in [-0.05, 0) is 49.4 Å². The first-order valence-corrected chi connectivity index (χ1v) is 7.83. The topological polar surface area (TPSA) is 30.5 Å². The monoisotopic (exact) mass is 277 g/mol. The Bertz CT molecular complexity index is 406. The van der Waals surface area contributed by atoms with Crippen LogP contribution in [0.25, 0.3) is 0 Å². The van der Waals surface area contributed by atoms with Crippen LogP contribution >= 0.6 is 0 Å². The summed E-state index contributed by atoms with van der Waals surface area (Å²) in [6, 6.07) is 7.11. The van der Waals surface area contributed by atoms with Gasteiger partial charge in [0.2, 0.25) is 0 Å². The van der Waals surface area contributed by atoms with Gasteiger partial charge in [-0.2, -0.15) is 0 Å². The minimum atomic E-state index is 0.461. The average Bonchev–Trinajstić information content (AvgIpc) is 2.94. The molecule has 1 aromatic rings. The van der Waals surface area contributed by atoms with Gasteiger partial charge in [0, 0.05) is 26.2 Å². The third-order valence-electron chi connectivity index (χ3n) is 3.94. The maximum atomic E-state index is 5.57. The summed E-state index contributed by atoms with van der Waals surface area (Å²) in [5, 5.41) is 3.67. The lowest BCUT2D eigenvalue weighted by molar-refractivity contribution is 0.192. The first kappa shape index (κ1) is 15.3. The number of unbranched alkanes of at least 4 members (excludes halogenated alkanes) is 2. The number of hydrogen-bond acceptors (Lipinski definition) is 3. The average molecular weight is 277 g/mol. The zero-order chi connectivity index (χ0) is 14.2. The molecule has 0 aromatic heterocycles. The van der Waals surface area contributed by atoms with Crippen LogP contribution in [-0.4, -0.2) is 26.9 Å². The van der Waals surface area contributed by atoms with Crippen molar-refractivity contribution in [2.45, 2.75) is 45.1 Å². The van der Waals surface area contributed by atoms with Crippen LogP contribution < -0.4 is 10.1 Å². The summed E-state index contributed by atoms with van der Waals surface area (Å²) >= 11 is 0. The van der Waals surface area contributed by atoms with E-state index in [1.165, 1.54) is 24.0 Å². The second-order valence-electron chi connectivity index (χ2n) is 5.43. The van der Waals surface area contributed by atoms with E-state index < -0.39 is 0 Å². The highest BCUT2D eigenvalue weighted by Crippen LogP contribution is 2.29. The first-order valence-electron chi connectivity index (χ1n) is 7.83. The van der Waals surface area contributed by atoms with Crippen LogP contribution in [0.5, 0.6) is 5.75 Å². The zero-order valence-electron chi connectivity index (χ0n) is 12.8. The molecule has 1 unspecified atom stereocenters. The van der Waals surface area contributed by atoms with Gasteiger partial charge in [-0.1, -0.05) is 19.1 Å². The molecule has 0 saturated heterocycles. The summed E-state index contributed by atoms with van der Waals surface area (Å²) in [7, 11) is 1.77. The molecule has 1 aromatic carbocycles. The molecule has 1 heterocycles. The van der Waals surface area contributed by atoms with E-state index in [0.29, 0.717) is 6.04 Å². The van der Waals surface area contributed by atoms with Gasteiger partial charge in [0.1, 0.15) is 5.75 Å². The lowest BCUT2D eigenvalue weighted by Crippen LogP contribution is -2.22. The summed E-state index contributed by atoms with van der Waals surface area (Å²) in [6.45, 7) is 5.03. The van der Waals surface area contributed by atoms with Crippen LogP contribution in [0, 0.1) is 0 Å². The molecule has 1 aliphatic heterocycles. The van der Waals surface area contributed by atoms with Crippen molar-refractivity contribution in [3.8, 4) is 5.75 Å². The molecule has 0 spiro atoms. The van der Waals surface area contributed by atoms with Crippen LogP contribution in [0.4, 0.5) is 0 Å². The highest BCUT2D eigenvalue weighted by Gasteiger charge is 2.15. The van der Waals surface area contributed by atoms with Crippen molar-refractivity contribution in [1.29, 1.82) is 0 Å². The summed E-state index contributed by atoms with van der Waals surface area (Å²) in [4.78, 5) is 0. The SMILES string of the molecule is CCC(NCCCCCOC)c1ccc2c(c1)CCO2. The molecule has 1 aliphatic rings. The molecular weight excluding hydrogens is 250 g/mol. The van der Waals surface area contributed by atoms with Crippen molar-refractivity contribution in [3.05, 3.63) is 29.3 Å². The van der Waals surface area contributed by atoms with Crippen LogP contribution in [0.3, 0.4) is 0 Å². The highest BCUT2D eigenvalue weighted by molar-refractivity contribution is 5.40. The van der Waals surface area contributed by atoms with Crippen molar-refractivity contribution in [1.82, 2.24) is 5.32 Å². The molecule has 0 bridgehead atoms. The van der Waals surface area contributed by atoms with Gasteiger partial charge in [0.25, 0.3) is 0 Å². The Kier molecular flexibility index (Phi) is 6.34. The third kappa shape index (κ3) is 4.22. The van der Waals surface area contributed by atoms with Crippen molar-refractivity contribution in [3.63, 3.8) is 0 Å². The first-order chi connectivity index (χ1) is 9.85. The summed E-state index contributed by atoms with van der Waals surface area (Å²) < 4.78 is 10.6. The standard InChI is InChI=1S/C17H27NO2/c1-3-16(18-10-5-4-6-11-19-2)14-7-8-17-15(13-14)9-12-20-17/h7-8,13,16,18H,3-6,9-12H2,1-2H3. The Morgan fingerprint density at radius 1 is 1.30 bits per heavy atom. The maximum absolute atomic E-state index is 5.57. The second kappa shape index (κ2) is 8.28. The fraction of sp³-hybridized carbons (Fsp3) is 0.647. The molecule has 0 aliphatic carbocycles. The minimum absolute atomic E-state index is 0.461. The lowest BCUT2D eigenvalue weighted by Gasteiger charge is -2.18. The van der Waals surface area contributed by atoms with Gasteiger partial charge in [-0.3, -0.25) is 0 Å². The van der Waals surface area contributed by atoms with Gasteiger partial charge < -0.3 is 14.8 Å². The van der Waals surface area contributed by atoms with E-state index in [-0.39, 0.29) is 0 Å². The Morgan fingerprint density at radius 2 is 2.20 bits per heavy atom. The smallest absolute Gasteiger partial charge is 0.122 e. The van der Waals surface area contributed by atoms with Crippen molar-refractivity contribution < 1.29 is 9.47 Å². The third-order valence-corrected chi connectivity index (χ3v) is 3.94. The fourth-order valence-electron chi connectivity index (χ4n) is 2.75. The largest absolute Gasteiger partial charge is 0.493 e. The number of hydrogen-bond donors (Lipinski definition) is 1. The van der Waals surface area contributed by atoms with Gasteiger partial charge in [0.05, 0.1) is 6.61 Å². The summed E-state index contributed by atoms with van der Waals surface area (Å²) in [5.41, 5.74) is 2.76. The molecule has 2 rings (SSSR count). The molecule has 20 heavy (non-hydrogen) atoms. The van der Waals surface area contributed by atoms with E-state index in [1.807, 2.05) is 0 Å². The number of benzene rings is 1. The molecule has 112 valence electrons. The van der Waals surface area contributed by atoms with E-state index in [9.17, 15) is 0 Å². The predicted octanol–water partition coefficient (Wildman–Crippen LogP) is 3.48. The molecule has 1 N–H and O–H groups in total. The number of rotatable bonds is 9. The fourth-order valence-corrected chi connectivity index (χ4v) is 2.75. The molecule has 1 atom stereocenters. The van der Waals surface area contributed by atoms with Gasteiger partial charge >= 0.3 is 0 Å². The van der Waals surface area contributed by atoms with Crippen LogP contribution in [0.15, 0.2) is 18.2 Å². The van der Waals surface area contributed by atoms with E-state index >= 15 is 0 Å². The molecule has 0 fully saturated rings. The van der Waals surface area contributed by atoms with E-state index in [0.717, 1.165) is 44.8 Å². The van der Waals surface area contributed by atoms with Gasteiger partial charge in [-0.25, -0.2) is 0 Å². The van der Waals surface area contributed by atoms with Crippen LogP contribution in [-0.2, 0) is 11.2 Å². The Morgan fingerprint density at radius 3 is 3.00 bits per heavy atom. The number of nitrogens with one attached hydrogen (secondary N) is 1. The number of ether oxygens (including phenoxy) is 2. The van der Waals surface area contributed by atoms with Crippen LogP contribution in [0.2, 0.25) is 0 Å². The minimum Gasteiger partial charge on any atom is -0.493 e. The predicted molar refractivity (Wildman–Crippen MR) is 82.4 cm³/mol. The second-order valence-corrected chi connectivity index (χ2v) is 5.43. The van der Waals surface area contributed by atoms with Gasteiger partial charge in [0.15, 0.2) is 0 Å². The van der Waals surface area contributed by atoms with Crippen molar-refractivity contribution >= 4 is 0 Å². The highest BCUT2D eigenvalue weighted by atomic mass is 16.5. The Hall–Kier alpha value is -1.06. The summed E-state index contributed by atoms with van der Waals surface area (Å²) in [5.74, 6) is 1.07. The molecule has 0 amide bonds. The van der Waals surface area contributed by atoms with Gasteiger partial charge in [-0.15, -0.1) is 0 Å². The Balaban J connectivity index is 1.79. The Labute approximate surface area is 122 Å². The van der Waals surface area contributed by atoms with Crippen molar-refractivity contribution in [2.75, 3.05) is 26.9 Å². The molecule has 3 heteroatoms. The molecule has 0 saturated carbocycles. The summed E-state index contributed by atoms with van der Waals surface area (Å²) in [6.07, 6.45) is 5.78. The normalized spacial score (nSPS) is 14.9. The maximum Gasteiger partial charge on any atom is 0.122 e. The number of methoxy groups -OCH3 is 1. The van der Waals surface area contributed by atoms with Crippen LogP contribution in [0.1, 0.15) is 49.8 Å². The van der Waals surface area contributed by atoms with Crippen molar-refractivity contribution in [2.24, 2.45) is 0 Å². The van der Waals surface area contributed by atoms with E-state index in [4.69, 9.17) is 9.47 Å². The lowest BCUT2D eigenvalue weighted by atomic mass is 10.0. The molecule has 3 nitrogen and oxygen atoms in total. The van der Waals surface area contributed by atoms with E-state index in [1.54, 1.807) is 7.11 Å². The quantitative estimate of drug-likeness (QED) is 0.701. The zero-order valence-corrected chi connectivity index (χ0v) is 12.8.